The summed E-state index contributed by atoms with van der Waals surface area (Å²) in [5.74, 6) is 0.342. The Morgan fingerprint density at radius 1 is 1.46 bits per heavy atom. The molecule has 2 nitrogen and oxygen atoms in total. The lowest BCUT2D eigenvalue weighted by atomic mass is 10.1. The van der Waals surface area contributed by atoms with Gasteiger partial charge in [-0.25, -0.2) is 4.39 Å². The third-order valence-corrected chi connectivity index (χ3v) is 1.69. The lowest BCUT2D eigenvalue weighted by Gasteiger charge is -2.08. The fourth-order valence-corrected chi connectivity index (χ4v) is 0.998. The van der Waals surface area contributed by atoms with Gasteiger partial charge in [0.05, 0.1) is 7.11 Å². The molecule has 0 radical (unpaired) electrons. The van der Waals surface area contributed by atoms with E-state index in [9.17, 15) is 4.39 Å². The van der Waals surface area contributed by atoms with Crippen LogP contribution in [0.1, 0.15) is 18.5 Å². The van der Waals surface area contributed by atoms with Crippen molar-refractivity contribution in [3.63, 3.8) is 0 Å². The molecule has 0 aliphatic heterocycles. The summed E-state index contributed by atoms with van der Waals surface area (Å²) in [6.07, 6.45) is 0. The van der Waals surface area contributed by atoms with Crippen LogP contribution in [-0.4, -0.2) is 7.11 Å². The van der Waals surface area contributed by atoms with Crippen molar-refractivity contribution < 1.29 is 9.13 Å². The molecule has 4 heteroatoms. The molecule has 0 aromatic heterocycles. The monoisotopic (exact) mass is 205 g/mol. The minimum Gasteiger partial charge on any atom is -0.497 e. The van der Waals surface area contributed by atoms with Crippen LogP contribution in [0, 0.1) is 5.82 Å². The smallest absolute Gasteiger partial charge is 0.128 e. The minimum atomic E-state index is -0.305. The normalized spacial score (nSPS) is 11.7. The Morgan fingerprint density at radius 2 is 2.08 bits per heavy atom. The second-order valence-corrected chi connectivity index (χ2v) is 2.68. The fourth-order valence-electron chi connectivity index (χ4n) is 0.998. The van der Waals surface area contributed by atoms with Crippen molar-refractivity contribution in [1.82, 2.24) is 0 Å². The zero-order valence-corrected chi connectivity index (χ0v) is 8.40. The molecule has 0 heterocycles. The van der Waals surface area contributed by atoms with Gasteiger partial charge in [0.15, 0.2) is 0 Å². The minimum absolute atomic E-state index is 0. The number of hydrogen-bond donors (Lipinski definition) is 1. The van der Waals surface area contributed by atoms with E-state index >= 15 is 0 Å². The Balaban J connectivity index is 0.00000144. The molecule has 0 fully saturated rings. The third-order valence-electron chi connectivity index (χ3n) is 1.69. The lowest BCUT2D eigenvalue weighted by Crippen LogP contribution is -2.07. The molecule has 1 rings (SSSR count). The van der Waals surface area contributed by atoms with E-state index in [1.54, 1.807) is 19.1 Å². The zero-order chi connectivity index (χ0) is 9.14. The van der Waals surface area contributed by atoms with E-state index < -0.39 is 0 Å². The summed E-state index contributed by atoms with van der Waals surface area (Å²) in [6.45, 7) is 1.73. The number of rotatable bonds is 2. The van der Waals surface area contributed by atoms with Gasteiger partial charge in [-0.3, -0.25) is 0 Å². The van der Waals surface area contributed by atoms with Crippen molar-refractivity contribution in [3.8, 4) is 5.75 Å². The van der Waals surface area contributed by atoms with Gasteiger partial charge < -0.3 is 10.5 Å². The number of hydrogen-bond acceptors (Lipinski definition) is 2. The van der Waals surface area contributed by atoms with Crippen LogP contribution in [0.5, 0.6) is 5.75 Å². The van der Waals surface area contributed by atoms with Crippen LogP contribution < -0.4 is 10.5 Å². The highest BCUT2D eigenvalue weighted by Crippen LogP contribution is 2.20. The standard InChI is InChI=1S/C9H12FNO.ClH/c1-6(11)8-5-7(12-2)3-4-9(8)10;/h3-6H,11H2,1-2H3;1H. The summed E-state index contributed by atoms with van der Waals surface area (Å²) in [5.41, 5.74) is 6.02. The Kier molecular flexibility index (Phi) is 4.73. The quantitative estimate of drug-likeness (QED) is 0.804. The summed E-state index contributed by atoms with van der Waals surface area (Å²) >= 11 is 0. The SMILES string of the molecule is COc1ccc(F)c(C(C)N)c1.Cl. The highest BCUT2D eigenvalue weighted by Gasteiger charge is 2.07. The molecule has 74 valence electrons. The molecule has 1 atom stereocenters. The molecule has 1 aromatic carbocycles. The summed E-state index contributed by atoms with van der Waals surface area (Å²) < 4.78 is 18.0. The van der Waals surface area contributed by atoms with Gasteiger partial charge in [0.1, 0.15) is 11.6 Å². The first-order chi connectivity index (χ1) is 5.65. The predicted molar refractivity (Wildman–Crippen MR) is 52.8 cm³/mol. The fraction of sp³-hybridized carbons (Fsp3) is 0.333. The van der Waals surface area contributed by atoms with Crippen LogP contribution in [0.25, 0.3) is 0 Å². The highest BCUT2D eigenvalue weighted by atomic mass is 35.5. The topological polar surface area (TPSA) is 35.2 Å². The summed E-state index contributed by atoms with van der Waals surface area (Å²) in [5, 5.41) is 0. The Labute approximate surface area is 83.3 Å². The van der Waals surface area contributed by atoms with Gasteiger partial charge >= 0.3 is 0 Å². The van der Waals surface area contributed by atoms with Crippen LogP contribution in [0.4, 0.5) is 4.39 Å². The molecule has 0 spiro atoms. The largest absolute Gasteiger partial charge is 0.497 e. The summed E-state index contributed by atoms with van der Waals surface area (Å²) in [7, 11) is 1.54. The first-order valence-corrected chi connectivity index (χ1v) is 3.74. The van der Waals surface area contributed by atoms with Crippen LogP contribution in [0.15, 0.2) is 18.2 Å². The van der Waals surface area contributed by atoms with Gasteiger partial charge in [0.25, 0.3) is 0 Å². The van der Waals surface area contributed by atoms with Crippen LogP contribution in [0.2, 0.25) is 0 Å². The number of ether oxygens (including phenoxy) is 1. The molecule has 0 bridgehead atoms. The molecule has 1 aromatic rings. The molecule has 0 saturated carbocycles. The Bertz CT molecular complexity index is 278. The Hall–Kier alpha value is -0.800. The van der Waals surface area contributed by atoms with Crippen LogP contribution in [-0.2, 0) is 0 Å². The molecule has 0 aliphatic carbocycles. The summed E-state index contributed by atoms with van der Waals surface area (Å²) in [4.78, 5) is 0. The average molecular weight is 206 g/mol. The second kappa shape index (κ2) is 5.04. The molecule has 1 unspecified atom stereocenters. The molecular formula is C9H13ClFNO. The number of benzene rings is 1. The number of nitrogens with two attached hydrogens (primary N) is 1. The van der Waals surface area contributed by atoms with Crippen molar-refractivity contribution in [1.29, 1.82) is 0 Å². The van der Waals surface area contributed by atoms with Crippen molar-refractivity contribution in [2.75, 3.05) is 7.11 Å². The van der Waals surface area contributed by atoms with E-state index in [1.807, 2.05) is 0 Å². The first-order valence-electron chi connectivity index (χ1n) is 3.74. The van der Waals surface area contributed by atoms with Crippen LogP contribution in [0.3, 0.4) is 0 Å². The van der Waals surface area contributed by atoms with Gasteiger partial charge in [-0.1, -0.05) is 0 Å². The van der Waals surface area contributed by atoms with Gasteiger partial charge in [0, 0.05) is 11.6 Å². The zero-order valence-electron chi connectivity index (χ0n) is 7.58. The van der Waals surface area contributed by atoms with E-state index in [2.05, 4.69) is 0 Å². The van der Waals surface area contributed by atoms with Gasteiger partial charge in [-0.15, -0.1) is 12.4 Å². The van der Waals surface area contributed by atoms with E-state index in [-0.39, 0.29) is 24.3 Å². The maximum Gasteiger partial charge on any atom is 0.128 e. The third kappa shape index (κ3) is 2.86. The van der Waals surface area contributed by atoms with E-state index in [0.717, 1.165) is 0 Å². The average Bonchev–Trinajstić information content (AvgIpc) is 2.05. The predicted octanol–water partition coefficient (Wildman–Crippen LogP) is 2.28. The highest BCUT2D eigenvalue weighted by molar-refractivity contribution is 5.85. The summed E-state index contributed by atoms with van der Waals surface area (Å²) in [6, 6.07) is 4.23. The lowest BCUT2D eigenvalue weighted by molar-refractivity contribution is 0.412. The van der Waals surface area contributed by atoms with Crippen molar-refractivity contribution in [3.05, 3.63) is 29.6 Å². The van der Waals surface area contributed by atoms with Gasteiger partial charge in [0.2, 0.25) is 0 Å². The first kappa shape index (κ1) is 12.2. The molecule has 0 saturated heterocycles. The second-order valence-electron chi connectivity index (χ2n) is 2.68. The maximum atomic E-state index is 13.0. The maximum absolute atomic E-state index is 13.0. The molecular weight excluding hydrogens is 193 g/mol. The molecule has 13 heavy (non-hydrogen) atoms. The van der Waals surface area contributed by atoms with Gasteiger partial charge in [-0.05, 0) is 25.1 Å². The van der Waals surface area contributed by atoms with Crippen molar-refractivity contribution in [2.24, 2.45) is 5.73 Å². The molecule has 0 amide bonds. The van der Waals surface area contributed by atoms with Gasteiger partial charge in [-0.2, -0.15) is 0 Å². The number of halogens is 2. The van der Waals surface area contributed by atoms with Crippen LogP contribution >= 0.6 is 12.4 Å². The number of methoxy groups -OCH3 is 1. The Morgan fingerprint density at radius 3 is 2.54 bits per heavy atom. The van der Waals surface area contributed by atoms with Crippen molar-refractivity contribution in [2.45, 2.75) is 13.0 Å². The van der Waals surface area contributed by atoms with E-state index in [1.165, 1.54) is 13.2 Å². The van der Waals surface area contributed by atoms with Crippen molar-refractivity contribution >= 4 is 12.4 Å². The van der Waals surface area contributed by atoms with E-state index in [4.69, 9.17) is 10.5 Å². The molecule has 2 N–H and O–H groups in total. The molecule has 0 aliphatic rings. The van der Waals surface area contributed by atoms with E-state index in [0.29, 0.717) is 11.3 Å².